The number of anilines is 3. The third-order valence-electron chi connectivity index (χ3n) is 5.49. The van der Waals surface area contributed by atoms with E-state index < -0.39 is 0 Å². The lowest BCUT2D eigenvalue weighted by atomic mass is 10.1. The van der Waals surface area contributed by atoms with Crippen molar-refractivity contribution in [1.29, 1.82) is 0 Å². The molecule has 0 unspecified atom stereocenters. The fourth-order valence-corrected chi connectivity index (χ4v) is 3.98. The molecule has 0 spiro atoms. The first-order valence-corrected chi connectivity index (χ1v) is 9.99. The molecule has 0 atom stereocenters. The summed E-state index contributed by atoms with van der Waals surface area (Å²) in [5, 5.41) is 6.72. The fraction of sp³-hybridized carbons (Fsp3) is 0.318. The highest BCUT2D eigenvalue weighted by Gasteiger charge is 2.13. The van der Waals surface area contributed by atoms with Crippen LogP contribution in [0.1, 0.15) is 17.5 Å². The number of nitrogens with one attached hydrogen (secondary N) is 2. The Labute approximate surface area is 165 Å². The molecule has 5 rings (SSSR count). The Morgan fingerprint density at radius 1 is 0.929 bits per heavy atom. The van der Waals surface area contributed by atoms with Gasteiger partial charge in [0.1, 0.15) is 5.82 Å². The van der Waals surface area contributed by atoms with Gasteiger partial charge in [-0.25, -0.2) is 15.0 Å². The van der Waals surface area contributed by atoms with E-state index in [0.29, 0.717) is 5.95 Å². The smallest absolute Gasteiger partial charge is 0.227 e. The van der Waals surface area contributed by atoms with E-state index in [1.54, 1.807) is 6.20 Å². The predicted molar refractivity (Wildman–Crippen MR) is 112 cm³/mol. The van der Waals surface area contributed by atoms with Crippen molar-refractivity contribution in [2.24, 2.45) is 0 Å². The third-order valence-corrected chi connectivity index (χ3v) is 5.49. The third kappa shape index (κ3) is 3.55. The zero-order valence-electron chi connectivity index (χ0n) is 15.9. The number of aryl methyl sites for hydroxylation is 2. The van der Waals surface area contributed by atoms with Crippen molar-refractivity contribution < 1.29 is 0 Å². The van der Waals surface area contributed by atoms with Crippen molar-refractivity contribution in [3.8, 4) is 11.3 Å². The van der Waals surface area contributed by atoms with E-state index in [1.165, 1.54) is 24.0 Å². The van der Waals surface area contributed by atoms with Gasteiger partial charge in [-0.1, -0.05) is 6.07 Å². The number of pyridine rings is 1. The molecular formula is C22H24N6. The van der Waals surface area contributed by atoms with Gasteiger partial charge in [0, 0.05) is 49.8 Å². The highest BCUT2D eigenvalue weighted by Crippen LogP contribution is 2.26. The van der Waals surface area contributed by atoms with Crippen LogP contribution < -0.4 is 15.5 Å². The van der Waals surface area contributed by atoms with E-state index >= 15 is 0 Å². The average molecular weight is 372 g/mol. The highest BCUT2D eigenvalue weighted by atomic mass is 15.2. The zero-order chi connectivity index (χ0) is 18.8. The molecule has 1 aliphatic carbocycles. The first-order chi connectivity index (χ1) is 13.8. The van der Waals surface area contributed by atoms with Gasteiger partial charge >= 0.3 is 0 Å². The van der Waals surface area contributed by atoms with Crippen LogP contribution in [0.5, 0.6) is 0 Å². The molecule has 0 saturated carbocycles. The van der Waals surface area contributed by atoms with Gasteiger partial charge in [0.05, 0.1) is 5.69 Å². The first-order valence-electron chi connectivity index (χ1n) is 9.99. The summed E-state index contributed by atoms with van der Waals surface area (Å²) in [6.45, 7) is 4.00. The summed E-state index contributed by atoms with van der Waals surface area (Å²) >= 11 is 0. The summed E-state index contributed by atoms with van der Waals surface area (Å²) in [4.78, 5) is 16.0. The molecule has 2 aromatic heterocycles. The minimum absolute atomic E-state index is 0.613. The van der Waals surface area contributed by atoms with Gasteiger partial charge < -0.3 is 15.5 Å². The lowest BCUT2D eigenvalue weighted by Crippen LogP contribution is -2.43. The van der Waals surface area contributed by atoms with Crippen molar-refractivity contribution in [2.45, 2.75) is 19.3 Å². The van der Waals surface area contributed by atoms with Crippen molar-refractivity contribution in [3.05, 3.63) is 59.9 Å². The number of hydrogen-bond acceptors (Lipinski definition) is 6. The minimum Gasteiger partial charge on any atom is -0.354 e. The van der Waals surface area contributed by atoms with Crippen LogP contribution in [0.15, 0.2) is 48.8 Å². The van der Waals surface area contributed by atoms with E-state index in [0.717, 1.165) is 55.4 Å². The highest BCUT2D eigenvalue weighted by molar-refractivity contribution is 5.63. The lowest BCUT2D eigenvalue weighted by Gasteiger charge is -2.28. The standard InChI is InChI=1S/C22H24N6/c1-2-16-4-6-19(14-17(16)3-1)26-22-24-9-8-20(27-22)18-5-7-21(25-15-18)28-12-10-23-11-13-28/h4-9,14-15,23H,1-3,10-13H2,(H,24,26,27). The summed E-state index contributed by atoms with van der Waals surface area (Å²) in [7, 11) is 0. The van der Waals surface area contributed by atoms with Crippen LogP contribution in [0.2, 0.25) is 0 Å². The topological polar surface area (TPSA) is 66.0 Å². The van der Waals surface area contributed by atoms with Crippen LogP contribution in [0.3, 0.4) is 0 Å². The molecule has 2 N–H and O–H groups in total. The monoisotopic (exact) mass is 372 g/mol. The molecule has 6 nitrogen and oxygen atoms in total. The predicted octanol–water partition coefficient (Wildman–Crippen LogP) is 3.18. The van der Waals surface area contributed by atoms with Crippen molar-refractivity contribution in [3.63, 3.8) is 0 Å². The van der Waals surface area contributed by atoms with E-state index in [9.17, 15) is 0 Å². The molecule has 3 aromatic rings. The van der Waals surface area contributed by atoms with Gasteiger partial charge in [0.25, 0.3) is 0 Å². The van der Waals surface area contributed by atoms with Crippen molar-refractivity contribution in [1.82, 2.24) is 20.3 Å². The van der Waals surface area contributed by atoms with Crippen molar-refractivity contribution in [2.75, 3.05) is 36.4 Å². The molecule has 1 aliphatic heterocycles. The number of hydrogen-bond donors (Lipinski definition) is 2. The van der Waals surface area contributed by atoms with E-state index in [4.69, 9.17) is 0 Å². The maximum atomic E-state index is 4.69. The fourth-order valence-electron chi connectivity index (χ4n) is 3.98. The summed E-state index contributed by atoms with van der Waals surface area (Å²) in [5.41, 5.74) is 5.83. The maximum absolute atomic E-state index is 4.69. The molecule has 6 heteroatoms. The Morgan fingerprint density at radius 3 is 2.68 bits per heavy atom. The number of fused-ring (bicyclic) bond motifs is 1. The number of aromatic nitrogens is 3. The summed E-state index contributed by atoms with van der Waals surface area (Å²) < 4.78 is 0. The summed E-state index contributed by atoms with van der Waals surface area (Å²) in [5.74, 6) is 1.64. The van der Waals surface area contributed by atoms with Gasteiger partial charge in [0.2, 0.25) is 5.95 Å². The second-order valence-electron chi connectivity index (χ2n) is 7.37. The van der Waals surface area contributed by atoms with Crippen LogP contribution in [-0.2, 0) is 12.8 Å². The van der Waals surface area contributed by atoms with Gasteiger partial charge in [-0.2, -0.15) is 0 Å². The Morgan fingerprint density at radius 2 is 1.82 bits per heavy atom. The van der Waals surface area contributed by atoms with Gasteiger partial charge in [-0.15, -0.1) is 0 Å². The number of piperazine rings is 1. The molecule has 0 radical (unpaired) electrons. The van der Waals surface area contributed by atoms with Gasteiger partial charge in [0.15, 0.2) is 0 Å². The average Bonchev–Trinajstić information content (AvgIpc) is 3.23. The molecule has 1 aromatic carbocycles. The van der Waals surface area contributed by atoms with Crippen LogP contribution in [0, 0.1) is 0 Å². The first kappa shape index (κ1) is 17.1. The molecule has 142 valence electrons. The van der Waals surface area contributed by atoms with E-state index in [2.05, 4.69) is 60.8 Å². The second-order valence-corrected chi connectivity index (χ2v) is 7.37. The molecule has 2 aliphatic rings. The second kappa shape index (κ2) is 7.56. The number of rotatable bonds is 4. The zero-order valence-corrected chi connectivity index (χ0v) is 15.9. The normalized spacial score (nSPS) is 16.1. The molecule has 1 fully saturated rings. The summed E-state index contributed by atoms with van der Waals surface area (Å²) in [6.07, 6.45) is 7.30. The Hall–Kier alpha value is -2.99. The molecular weight excluding hydrogens is 348 g/mol. The van der Waals surface area contributed by atoms with Gasteiger partial charge in [-0.3, -0.25) is 0 Å². The molecule has 0 bridgehead atoms. The van der Waals surface area contributed by atoms with Crippen LogP contribution in [0.4, 0.5) is 17.5 Å². The van der Waals surface area contributed by atoms with E-state index in [-0.39, 0.29) is 0 Å². The molecule has 3 heterocycles. The van der Waals surface area contributed by atoms with E-state index in [1.807, 2.05) is 12.3 Å². The minimum atomic E-state index is 0.613. The van der Waals surface area contributed by atoms with Gasteiger partial charge in [-0.05, 0) is 60.7 Å². The van der Waals surface area contributed by atoms with Crippen LogP contribution >= 0.6 is 0 Å². The Kier molecular flexibility index (Phi) is 4.62. The van der Waals surface area contributed by atoms with Crippen molar-refractivity contribution >= 4 is 17.5 Å². The number of nitrogens with zero attached hydrogens (tertiary/aromatic N) is 4. The largest absolute Gasteiger partial charge is 0.354 e. The molecule has 0 amide bonds. The number of benzene rings is 1. The quantitative estimate of drug-likeness (QED) is 0.733. The van der Waals surface area contributed by atoms with Crippen LogP contribution in [-0.4, -0.2) is 41.1 Å². The summed E-state index contributed by atoms with van der Waals surface area (Å²) in [6, 6.07) is 12.6. The Bertz CT molecular complexity index is 963. The maximum Gasteiger partial charge on any atom is 0.227 e. The lowest BCUT2D eigenvalue weighted by molar-refractivity contribution is 0.585. The SMILES string of the molecule is c1cc(-c2ccc(N3CCNCC3)nc2)nc(Nc2ccc3c(c2)CCC3)n1. The molecule has 1 saturated heterocycles. The van der Waals surface area contributed by atoms with Crippen LogP contribution in [0.25, 0.3) is 11.3 Å². The molecule has 28 heavy (non-hydrogen) atoms. The Balaban J connectivity index is 1.33.